The molecule has 0 saturated carbocycles. The normalized spacial score (nSPS) is 8.71. The largest absolute Gasteiger partial charge is 3.00 e. The van der Waals surface area contributed by atoms with Gasteiger partial charge in [0.2, 0.25) is 19.6 Å². The van der Waals surface area contributed by atoms with Crippen LogP contribution in [0.4, 0.5) is 0 Å². The molecule has 86 valence electrons. The maximum Gasteiger partial charge on any atom is 3.00 e. The SMILES string of the molecule is [SH2+]c1ccccc1[SH2+].[SH2+]c1ccccc1[SH2+].[Sb+3]. The Balaban J connectivity index is 0.000000284. The Morgan fingerprint density at radius 1 is 0.471 bits per heavy atom. The van der Waals surface area contributed by atoms with Crippen LogP contribution in [-0.2, 0) is 50.5 Å². The zero-order valence-corrected chi connectivity index (χ0v) is 15.6. The van der Waals surface area contributed by atoms with Gasteiger partial charge in [-0.1, -0.05) is 24.3 Å². The van der Waals surface area contributed by atoms with Gasteiger partial charge in [0.25, 0.3) is 0 Å². The third-order valence-corrected chi connectivity index (χ3v) is 4.10. The fourth-order valence-corrected chi connectivity index (χ4v) is 1.68. The van der Waals surface area contributed by atoms with Crippen molar-refractivity contribution >= 4 is 74.9 Å². The molecule has 0 atom stereocenters. The topological polar surface area (TPSA) is 0 Å². The molecule has 0 amide bonds. The molecule has 0 aliphatic rings. The van der Waals surface area contributed by atoms with Crippen molar-refractivity contribution in [1.82, 2.24) is 0 Å². The maximum absolute atomic E-state index is 3.39. The Kier molecular flexibility index (Phi) is 9.94. The van der Waals surface area contributed by atoms with Crippen molar-refractivity contribution in [3.05, 3.63) is 48.5 Å². The van der Waals surface area contributed by atoms with Crippen LogP contribution >= 0.6 is 0 Å². The van der Waals surface area contributed by atoms with E-state index in [1.165, 1.54) is 0 Å². The maximum atomic E-state index is 3.39. The number of hydrogen-bond acceptors (Lipinski definition) is 0. The Hall–Kier alpha value is 0.658. The van der Waals surface area contributed by atoms with Crippen molar-refractivity contribution in [2.45, 2.75) is 19.6 Å². The van der Waals surface area contributed by atoms with E-state index in [0.717, 1.165) is 19.6 Å². The van der Waals surface area contributed by atoms with Crippen LogP contribution in [-0.4, -0.2) is 24.4 Å². The van der Waals surface area contributed by atoms with Crippen LogP contribution in [0.2, 0.25) is 0 Å². The van der Waals surface area contributed by atoms with Gasteiger partial charge in [0.05, 0.1) is 0 Å². The van der Waals surface area contributed by atoms with Gasteiger partial charge >= 0.3 is 24.4 Å². The van der Waals surface area contributed by atoms with Crippen molar-refractivity contribution in [1.29, 1.82) is 0 Å². The van der Waals surface area contributed by atoms with Crippen LogP contribution in [0.15, 0.2) is 68.1 Å². The molecule has 0 bridgehead atoms. The predicted molar refractivity (Wildman–Crippen MR) is 92.3 cm³/mol. The Bertz CT molecular complexity index is 374. The summed E-state index contributed by atoms with van der Waals surface area (Å²) < 4.78 is 0. The summed E-state index contributed by atoms with van der Waals surface area (Å²) in [4.78, 5) is 4.35. The van der Waals surface area contributed by atoms with Crippen LogP contribution in [0.25, 0.3) is 0 Å². The molecule has 0 aliphatic carbocycles. The second kappa shape index (κ2) is 9.57. The first-order chi connectivity index (χ1) is 7.61. The van der Waals surface area contributed by atoms with Gasteiger partial charge < -0.3 is 0 Å². The van der Waals surface area contributed by atoms with Gasteiger partial charge in [-0.3, -0.25) is 0 Å². The summed E-state index contributed by atoms with van der Waals surface area (Å²) in [6, 6.07) is 15.9. The Morgan fingerprint density at radius 3 is 0.765 bits per heavy atom. The van der Waals surface area contributed by atoms with E-state index in [2.05, 4.69) is 50.5 Å². The molecule has 0 spiro atoms. The summed E-state index contributed by atoms with van der Waals surface area (Å²) in [6.45, 7) is 0. The molecule has 2 aromatic carbocycles. The molecule has 5 heteroatoms. The van der Waals surface area contributed by atoms with Crippen molar-refractivity contribution in [2.24, 2.45) is 0 Å². The number of rotatable bonds is 0. The second-order valence-electron chi connectivity index (χ2n) is 3.09. The van der Waals surface area contributed by atoms with Crippen LogP contribution in [0, 0.1) is 0 Å². The molecule has 0 aliphatic heterocycles. The average Bonchev–Trinajstić information content (AvgIpc) is 2.28. The quantitative estimate of drug-likeness (QED) is 0.438. The smallest absolute Gasteiger partial charge is 0.0569 e. The standard InChI is InChI=1S/2C6H6S2.Sb/c2*7-5-3-1-2-4-6(5)8;/h2*1-4,7-8H;/q;;+3/p+4. The summed E-state index contributed by atoms with van der Waals surface area (Å²) in [5.74, 6) is 0. The van der Waals surface area contributed by atoms with Gasteiger partial charge in [-0.05, 0) is 74.8 Å². The summed E-state index contributed by atoms with van der Waals surface area (Å²) in [7, 11) is 0. The molecule has 0 saturated heterocycles. The van der Waals surface area contributed by atoms with Crippen LogP contribution in [0.5, 0.6) is 0 Å². The zero-order valence-electron chi connectivity index (χ0n) is 9.07. The minimum atomic E-state index is 0. The van der Waals surface area contributed by atoms with E-state index in [4.69, 9.17) is 0 Å². The monoisotopic (exact) mass is 409 g/mol. The van der Waals surface area contributed by atoms with Crippen LogP contribution in [0.3, 0.4) is 0 Å². The van der Waals surface area contributed by atoms with Crippen LogP contribution in [0.1, 0.15) is 0 Å². The van der Waals surface area contributed by atoms with Crippen LogP contribution < -0.4 is 0 Å². The molecular formula is C12H16S4Sb+7. The van der Waals surface area contributed by atoms with Crippen molar-refractivity contribution in [3.8, 4) is 0 Å². The molecule has 0 fully saturated rings. The summed E-state index contributed by atoms with van der Waals surface area (Å²) in [5.41, 5.74) is 0. The van der Waals surface area contributed by atoms with E-state index in [9.17, 15) is 0 Å². The first kappa shape index (κ1) is 17.7. The molecule has 2 aromatic rings. The second-order valence-corrected chi connectivity index (χ2v) is 5.25. The molecule has 17 heavy (non-hydrogen) atoms. The van der Waals surface area contributed by atoms with Gasteiger partial charge in [-0.25, -0.2) is 0 Å². The summed E-state index contributed by atoms with van der Waals surface area (Å²) >= 11 is 13.6. The predicted octanol–water partition coefficient (Wildman–Crippen LogP) is 0.474. The third-order valence-electron chi connectivity index (χ3n) is 1.85. The molecule has 2 radical (unpaired) electrons. The molecule has 0 N–H and O–H groups in total. The number of benzene rings is 2. The minimum Gasteiger partial charge on any atom is -0.0569 e. The van der Waals surface area contributed by atoms with Gasteiger partial charge in [-0.2, -0.15) is 0 Å². The molecule has 0 heterocycles. The first-order valence-electron chi connectivity index (χ1n) is 4.65. The molecule has 2 rings (SSSR count). The molecule has 0 nitrogen and oxygen atoms in total. The zero-order chi connectivity index (χ0) is 12.0. The van der Waals surface area contributed by atoms with Crippen molar-refractivity contribution < 1.29 is 0 Å². The van der Waals surface area contributed by atoms with E-state index in [-0.39, 0.29) is 24.4 Å². The van der Waals surface area contributed by atoms with Gasteiger partial charge in [0.1, 0.15) is 0 Å². The third kappa shape index (κ3) is 6.97. The molecule has 0 aromatic heterocycles. The molecule has 0 unspecified atom stereocenters. The summed E-state index contributed by atoms with van der Waals surface area (Å²) in [5, 5.41) is 0. The van der Waals surface area contributed by atoms with Crippen molar-refractivity contribution in [2.75, 3.05) is 0 Å². The van der Waals surface area contributed by atoms with E-state index in [0.29, 0.717) is 0 Å². The average molecular weight is 410 g/mol. The Labute approximate surface area is 142 Å². The van der Waals surface area contributed by atoms with Gasteiger partial charge in [0, 0.05) is 0 Å². The van der Waals surface area contributed by atoms with E-state index in [1.807, 2.05) is 48.5 Å². The van der Waals surface area contributed by atoms with Gasteiger partial charge in [0.15, 0.2) is 0 Å². The van der Waals surface area contributed by atoms with Gasteiger partial charge in [-0.15, -0.1) is 0 Å². The Morgan fingerprint density at radius 2 is 0.647 bits per heavy atom. The fourth-order valence-electron chi connectivity index (χ4n) is 0.966. The van der Waals surface area contributed by atoms with Crippen molar-refractivity contribution in [3.63, 3.8) is 0 Å². The van der Waals surface area contributed by atoms with E-state index in [1.54, 1.807) is 0 Å². The molecular weight excluding hydrogens is 394 g/mol. The minimum absolute atomic E-state index is 0. The van der Waals surface area contributed by atoms with E-state index < -0.39 is 0 Å². The number of hydrogen-bond donors (Lipinski definition) is 0. The van der Waals surface area contributed by atoms with E-state index >= 15 is 0 Å². The fraction of sp³-hybridized carbons (Fsp3) is 0. The first-order valence-corrected chi connectivity index (χ1v) is 6.65. The summed E-state index contributed by atoms with van der Waals surface area (Å²) in [6.07, 6.45) is 0.